The average Bonchev–Trinajstić information content (AvgIpc) is 3.21. The van der Waals surface area contributed by atoms with E-state index in [1.54, 1.807) is 30.1 Å². The summed E-state index contributed by atoms with van der Waals surface area (Å²) in [7, 11) is 1.75. The smallest absolute Gasteiger partial charge is 0.191 e. The number of nitrogens with one attached hydrogen (secondary N) is 1. The summed E-state index contributed by atoms with van der Waals surface area (Å²) in [5.41, 5.74) is 0.701. The van der Waals surface area contributed by atoms with E-state index in [-0.39, 0.29) is 11.3 Å². The molecule has 3 aromatic rings. The molecule has 0 radical (unpaired) electrons. The Bertz CT molecular complexity index is 859. The maximum atomic E-state index is 11.0. The highest BCUT2D eigenvalue weighted by Crippen LogP contribution is 2.36. The molecule has 0 amide bonds. The van der Waals surface area contributed by atoms with Crippen LogP contribution < -0.4 is 10.2 Å². The van der Waals surface area contributed by atoms with Gasteiger partial charge in [-0.2, -0.15) is 8.75 Å². The highest BCUT2D eigenvalue weighted by atomic mass is 32.1. The molecule has 3 rings (SSSR count). The molecule has 0 fully saturated rings. The molecule has 0 unspecified atom stereocenters. The van der Waals surface area contributed by atoms with Gasteiger partial charge in [0, 0.05) is 7.05 Å². The van der Waals surface area contributed by atoms with Crippen molar-refractivity contribution in [2.24, 2.45) is 0 Å². The molecule has 1 aromatic carbocycles. The summed E-state index contributed by atoms with van der Waals surface area (Å²) >= 11 is 1.06. The number of aldehydes is 1. The second-order valence-corrected chi connectivity index (χ2v) is 5.72. The third kappa shape index (κ3) is 3.09. The Morgan fingerprint density at radius 1 is 1.33 bits per heavy atom. The number of hydrogen-bond donors (Lipinski definition) is 2. The number of aryl methyl sites for hydroxylation is 1. The maximum Gasteiger partial charge on any atom is 0.191 e. The van der Waals surface area contributed by atoms with Crippen LogP contribution in [-0.4, -0.2) is 27.2 Å². The number of furan rings is 1. The molecule has 0 saturated carbocycles. The minimum absolute atomic E-state index is 0.0874. The summed E-state index contributed by atoms with van der Waals surface area (Å²) in [4.78, 5) is 12.7. The molecular formula is C16H16N4O3S. The first-order valence-electron chi connectivity index (χ1n) is 7.22. The lowest BCUT2D eigenvalue weighted by molar-refractivity contribution is 0.112. The predicted molar refractivity (Wildman–Crippen MR) is 92.2 cm³/mol. The van der Waals surface area contributed by atoms with Crippen molar-refractivity contribution < 1.29 is 14.3 Å². The van der Waals surface area contributed by atoms with Crippen LogP contribution in [0.25, 0.3) is 0 Å². The molecule has 0 aliphatic carbocycles. The van der Waals surface area contributed by atoms with Crippen molar-refractivity contribution in [3.8, 4) is 5.75 Å². The lowest BCUT2D eigenvalue weighted by atomic mass is 10.2. The third-order valence-corrected chi connectivity index (χ3v) is 4.07. The molecule has 0 bridgehead atoms. The van der Waals surface area contributed by atoms with E-state index >= 15 is 0 Å². The fourth-order valence-corrected chi connectivity index (χ4v) is 2.85. The number of carbonyl (C=O) groups excluding carboxylic acids is 1. The Labute approximate surface area is 142 Å². The molecule has 7 nitrogen and oxygen atoms in total. The second-order valence-electron chi connectivity index (χ2n) is 5.19. The van der Waals surface area contributed by atoms with Crippen LogP contribution in [0.4, 0.5) is 17.3 Å². The quantitative estimate of drug-likeness (QED) is 0.663. The first-order chi connectivity index (χ1) is 11.6. The number of benzene rings is 1. The summed E-state index contributed by atoms with van der Waals surface area (Å²) in [5.74, 6) is 2.68. The Hall–Kier alpha value is -2.87. The van der Waals surface area contributed by atoms with Crippen LogP contribution in [0.15, 0.2) is 34.7 Å². The fourth-order valence-electron chi connectivity index (χ4n) is 2.29. The lowest BCUT2D eigenvalue weighted by Gasteiger charge is -2.19. The second kappa shape index (κ2) is 6.71. The number of phenolic OH excluding ortho intramolecular Hbond substituents is 1. The van der Waals surface area contributed by atoms with Crippen LogP contribution in [0.1, 0.15) is 21.9 Å². The zero-order valence-electron chi connectivity index (χ0n) is 13.2. The van der Waals surface area contributed by atoms with Gasteiger partial charge in [0.15, 0.2) is 17.9 Å². The number of aromatic nitrogens is 2. The molecule has 2 aromatic heterocycles. The van der Waals surface area contributed by atoms with Crippen LogP contribution in [0.2, 0.25) is 0 Å². The molecule has 2 N–H and O–H groups in total. The molecule has 2 heterocycles. The van der Waals surface area contributed by atoms with Gasteiger partial charge in [0.2, 0.25) is 0 Å². The van der Waals surface area contributed by atoms with Gasteiger partial charge in [-0.15, -0.1) is 0 Å². The largest absolute Gasteiger partial charge is 0.505 e. The molecule has 24 heavy (non-hydrogen) atoms. The predicted octanol–water partition coefficient (Wildman–Crippen LogP) is 3.34. The normalized spacial score (nSPS) is 10.6. The Balaban J connectivity index is 1.83. The molecule has 0 saturated heterocycles. The first-order valence-corrected chi connectivity index (χ1v) is 7.96. The van der Waals surface area contributed by atoms with E-state index in [1.165, 1.54) is 0 Å². The maximum absolute atomic E-state index is 11.0. The molecule has 0 aliphatic rings. The summed E-state index contributed by atoms with van der Waals surface area (Å²) in [5, 5.41) is 13.4. The van der Waals surface area contributed by atoms with Gasteiger partial charge < -0.3 is 19.7 Å². The van der Waals surface area contributed by atoms with Crippen molar-refractivity contribution in [1.29, 1.82) is 0 Å². The van der Waals surface area contributed by atoms with Crippen LogP contribution >= 0.6 is 11.7 Å². The van der Waals surface area contributed by atoms with Gasteiger partial charge in [-0.1, -0.05) is 6.07 Å². The Morgan fingerprint density at radius 2 is 2.17 bits per heavy atom. The van der Waals surface area contributed by atoms with Crippen LogP contribution in [0.3, 0.4) is 0 Å². The standard InChI is InChI=1S/C16H16N4O3S/c1-10-6-7-12(23-10)8-17-15-16(19-24-18-15)20(2)13-5-3-4-11(9-21)14(13)22/h3-7,9,22H,8H2,1-2H3,(H,17,18). The molecular weight excluding hydrogens is 328 g/mol. The number of phenols is 1. The van der Waals surface area contributed by atoms with E-state index in [1.807, 2.05) is 19.1 Å². The van der Waals surface area contributed by atoms with Gasteiger partial charge in [-0.25, -0.2) is 0 Å². The lowest BCUT2D eigenvalue weighted by Crippen LogP contribution is -2.13. The highest BCUT2D eigenvalue weighted by molar-refractivity contribution is 6.99. The number of hydrogen-bond acceptors (Lipinski definition) is 8. The molecule has 0 spiro atoms. The number of para-hydroxylation sites is 1. The van der Waals surface area contributed by atoms with Crippen molar-refractivity contribution in [2.75, 3.05) is 17.3 Å². The van der Waals surface area contributed by atoms with E-state index in [4.69, 9.17) is 4.42 Å². The van der Waals surface area contributed by atoms with E-state index in [2.05, 4.69) is 14.1 Å². The van der Waals surface area contributed by atoms with Crippen molar-refractivity contribution >= 4 is 35.3 Å². The van der Waals surface area contributed by atoms with Gasteiger partial charge in [0.05, 0.1) is 29.5 Å². The topological polar surface area (TPSA) is 91.5 Å². The number of aromatic hydroxyl groups is 1. The molecule has 0 atom stereocenters. The van der Waals surface area contributed by atoms with Crippen molar-refractivity contribution in [3.63, 3.8) is 0 Å². The summed E-state index contributed by atoms with van der Waals surface area (Å²) < 4.78 is 14.0. The van der Waals surface area contributed by atoms with Gasteiger partial charge in [0.25, 0.3) is 0 Å². The van der Waals surface area contributed by atoms with Crippen LogP contribution in [-0.2, 0) is 6.54 Å². The number of rotatable bonds is 6. The monoisotopic (exact) mass is 344 g/mol. The van der Waals surface area contributed by atoms with Gasteiger partial charge >= 0.3 is 0 Å². The zero-order valence-corrected chi connectivity index (χ0v) is 14.0. The van der Waals surface area contributed by atoms with Crippen LogP contribution in [0.5, 0.6) is 5.75 Å². The van der Waals surface area contributed by atoms with Gasteiger partial charge in [-0.05, 0) is 31.2 Å². The Kier molecular flexibility index (Phi) is 4.48. The summed E-state index contributed by atoms with van der Waals surface area (Å²) in [6, 6.07) is 8.75. The Morgan fingerprint density at radius 3 is 2.88 bits per heavy atom. The van der Waals surface area contributed by atoms with E-state index in [0.717, 1.165) is 23.2 Å². The van der Waals surface area contributed by atoms with Gasteiger partial charge in [0.1, 0.15) is 17.3 Å². The first kappa shape index (κ1) is 16.0. The molecule has 0 aliphatic heterocycles. The molecule has 124 valence electrons. The van der Waals surface area contributed by atoms with Crippen LogP contribution in [0, 0.1) is 6.92 Å². The van der Waals surface area contributed by atoms with Crippen molar-refractivity contribution in [1.82, 2.24) is 8.75 Å². The SMILES string of the molecule is Cc1ccc(CNc2nsnc2N(C)c2cccc(C=O)c2O)o1. The fraction of sp³-hybridized carbons (Fsp3) is 0.188. The molecule has 8 heteroatoms. The van der Waals surface area contributed by atoms with Crippen molar-refractivity contribution in [3.05, 3.63) is 47.4 Å². The average molecular weight is 344 g/mol. The zero-order chi connectivity index (χ0) is 17.1. The summed E-state index contributed by atoms with van der Waals surface area (Å²) in [6.45, 7) is 2.36. The highest BCUT2D eigenvalue weighted by Gasteiger charge is 2.18. The van der Waals surface area contributed by atoms with Gasteiger partial charge in [-0.3, -0.25) is 4.79 Å². The van der Waals surface area contributed by atoms with E-state index < -0.39 is 0 Å². The minimum atomic E-state index is -0.0874. The number of carbonyl (C=O) groups is 1. The third-order valence-electron chi connectivity index (χ3n) is 3.55. The van der Waals surface area contributed by atoms with E-state index in [9.17, 15) is 9.90 Å². The summed E-state index contributed by atoms with van der Waals surface area (Å²) in [6.07, 6.45) is 0.615. The number of nitrogens with zero attached hydrogens (tertiary/aromatic N) is 3. The van der Waals surface area contributed by atoms with Crippen molar-refractivity contribution in [2.45, 2.75) is 13.5 Å². The number of anilines is 3. The van der Waals surface area contributed by atoms with E-state index in [0.29, 0.717) is 30.2 Å². The minimum Gasteiger partial charge on any atom is -0.505 e.